The molecule has 4 aromatic carbocycles. The Bertz CT molecular complexity index is 1160. The average Bonchev–Trinajstić information content (AvgIpc) is 3.07. The molecule has 1 aliphatic rings. The smallest absolute Gasteiger partial charge is 0.0619 e. The molecule has 0 atom stereocenters. The molecular formula is C30H30Si. The molecule has 4 aromatic rings. The SMILES string of the molecule is Cc1cc(C)cc([Si](C)(c2cc(C)cc(C)c2)C2c3ccccc3-c3ccccc32)c1. The first-order valence-electron chi connectivity index (χ1n) is 11.2. The van der Waals surface area contributed by atoms with Gasteiger partial charge in [0.15, 0.2) is 0 Å². The molecule has 1 heteroatoms. The van der Waals surface area contributed by atoms with Crippen molar-refractivity contribution in [1.29, 1.82) is 0 Å². The third-order valence-electron chi connectivity index (χ3n) is 7.05. The summed E-state index contributed by atoms with van der Waals surface area (Å²) in [4.78, 5) is 0. The fourth-order valence-electron chi connectivity index (χ4n) is 5.83. The van der Waals surface area contributed by atoms with Crippen LogP contribution in [0.2, 0.25) is 6.55 Å². The first-order chi connectivity index (χ1) is 14.9. The Morgan fingerprint density at radius 2 is 0.871 bits per heavy atom. The van der Waals surface area contributed by atoms with E-state index < -0.39 is 8.07 Å². The Kier molecular flexibility index (Phi) is 4.75. The van der Waals surface area contributed by atoms with Crippen molar-refractivity contribution in [3.8, 4) is 11.1 Å². The monoisotopic (exact) mass is 418 g/mol. The molecule has 31 heavy (non-hydrogen) atoms. The van der Waals surface area contributed by atoms with Crippen molar-refractivity contribution in [3.05, 3.63) is 118 Å². The van der Waals surface area contributed by atoms with Crippen molar-refractivity contribution in [2.45, 2.75) is 39.8 Å². The third-order valence-corrected chi connectivity index (χ3v) is 11.8. The zero-order chi connectivity index (χ0) is 21.8. The lowest BCUT2D eigenvalue weighted by Gasteiger charge is -2.37. The molecule has 0 nitrogen and oxygen atoms in total. The normalized spacial score (nSPS) is 13.2. The van der Waals surface area contributed by atoms with E-state index in [-0.39, 0.29) is 0 Å². The van der Waals surface area contributed by atoms with E-state index in [2.05, 4.69) is 119 Å². The van der Waals surface area contributed by atoms with Crippen LogP contribution >= 0.6 is 0 Å². The molecule has 154 valence electrons. The largest absolute Gasteiger partial charge is 0.126 e. The summed E-state index contributed by atoms with van der Waals surface area (Å²) in [6.07, 6.45) is 0. The molecule has 0 radical (unpaired) electrons. The van der Waals surface area contributed by atoms with Gasteiger partial charge in [-0.1, -0.05) is 124 Å². The van der Waals surface area contributed by atoms with E-state index in [1.54, 1.807) is 0 Å². The molecule has 0 amide bonds. The highest BCUT2D eigenvalue weighted by Crippen LogP contribution is 2.48. The fraction of sp³-hybridized carbons (Fsp3) is 0.200. The van der Waals surface area contributed by atoms with Crippen molar-refractivity contribution >= 4 is 18.4 Å². The third kappa shape index (κ3) is 3.19. The van der Waals surface area contributed by atoms with Crippen molar-refractivity contribution in [1.82, 2.24) is 0 Å². The molecule has 0 unspecified atom stereocenters. The minimum Gasteiger partial charge on any atom is -0.0619 e. The predicted octanol–water partition coefficient (Wildman–Crippen LogP) is 6.46. The Morgan fingerprint density at radius 3 is 1.26 bits per heavy atom. The van der Waals surface area contributed by atoms with Gasteiger partial charge in [0.25, 0.3) is 0 Å². The van der Waals surface area contributed by atoms with E-state index in [4.69, 9.17) is 0 Å². The van der Waals surface area contributed by atoms with Crippen molar-refractivity contribution < 1.29 is 0 Å². The Morgan fingerprint density at radius 1 is 0.516 bits per heavy atom. The lowest BCUT2D eigenvalue weighted by Crippen LogP contribution is -2.60. The summed E-state index contributed by atoms with van der Waals surface area (Å²) < 4.78 is 0. The van der Waals surface area contributed by atoms with Gasteiger partial charge in [0, 0.05) is 5.54 Å². The molecule has 0 saturated carbocycles. The van der Waals surface area contributed by atoms with Gasteiger partial charge in [-0.25, -0.2) is 0 Å². The van der Waals surface area contributed by atoms with Gasteiger partial charge in [0.2, 0.25) is 0 Å². The first-order valence-corrected chi connectivity index (χ1v) is 13.8. The maximum absolute atomic E-state index is 2.60. The van der Waals surface area contributed by atoms with Gasteiger partial charge in [-0.15, -0.1) is 0 Å². The average molecular weight is 419 g/mol. The van der Waals surface area contributed by atoms with Gasteiger partial charge in [-0.05, 0) is 49.9 Å². The second-order valence-corrected chi connectivity index (χ2v) is 13.7. The standard InChI is InChI=1S/C30H30Si/c1-20-14-21(2)17-24(16-20)31(5,25-18-22(3)15-23(4)19-25)30-28-12-8-6-10-26(28)27-11-7-9-13-29(27)30/h6-19,30H,1-5H3. The highest BCUT2D eigenvalue weighted by Gasteiger charge is 2.46. The summed E-state index contributed by atoms with van der Waals surface area (Å²) >= 11 is 0. The second-order valence-electron chi connectivity index (χ2n) is 9.56. The van der Waals surface area contributed by atoms with Crippen LogP contribution in [0.15, 0.2) is 84.9 Å². The zero-order valence-corrected chi connectivity index (χ0v) is 20.2. The van der Waals surface area contributed by atoms with Gasteiger partial charge >= 0.3 is 0 Å². The number of fused-ring (bicyclic) bond motifs is 3. The van der Waals surface area contributed by atoms with E-state index in [1.807, 2.05) is 0 Å². The molecule has 0 spiro atoms. The highest BCUT2D eigenvalue weighted by molar-refractivity contribution is 7.03. The minimum absolute atomic E-state index is 0.405. The van der Waals surface area contributed by atoms with Crippen LogP contribution in [0.1, 0.15) is 38.9 Å². The summed E-state index contributed by atoms with van der Waals surface area (Å²) in [7, 11) is -2.20. The molecule has 0 N–H and O–H groups in total. The van der Waals surface area contributed by atoms with Crippen molar-refractivity contribution in [2.24, 2.45) is 0 Å². The summed E-state index contributed by atoms with van der Waals surface area (Å²) in [5.41, 5.74) is 11.7. The number of hydrogen-bond donors (Lipinski definition) is 0. The van der Waals surface area contributed by atoms with Gasteiger partial charge in [0.05, 0.1) is 0 Å². The van der Waals surface area contributed by atoms with Crippen LogP contribution in [-0.4, -0.2) is 8.07 Å². The maximum atomic E-state index is 2.60. The Balaban J connectivity index is 1.88. The van der Waals surface area contributed by atoms with Crippen molar-refractivity contribution in [2.75, 3.05) is 0 Å². The summed E-state index contributed by atoms with van der Waals surface area (Å²) in [5.74, 6) is 0. The van der Waals surface area contributed by atoms with Gasteiger partial charge in [-0.3, -0.25) is 0 Å². The summed E-state index contributed by atoms with van der Waals surface area (Å²) in [6, 6.07) is 32.6. The van der Waals surface area contributed by atoms with Gasteiger partial charge in [0.1, 0.15) is 8.07 Å². The number of aryl methyl sites for hydroxylation is 4. The quantitative estimate of drug-likeness (QED) is 0.335. The van der Waals surface area contributed by atoms with Crippen molar-refractivity contribution in [3.63, 3.8) is 0 Å². The molecule has 5 rings (SSSR count). The highest BCUT2D eigenvalue weighted by atomic mass is 28.3. The minimum atomic E-state index is -2.20. The zero-order valence-electron chi connectivity index (χ0n) is 19.2. The van der Waals surface area contributed by atoms with E-state index in [0.717, 1.165) is 0 Å². The van der Waals surface area contributed by atoms with Crippen LogP contribution in [0.25, 0.3) is 11.1 Å². The summed E-state index contributed by atoms with van der Waals surface area (Å²) in [5, 5.41) is 3.07. The molecule has 0 aliphatic heterocycles. The molecular weight excluding hydrogens is 388 g/mol. The van der Waals surface area contributed by atoms with Crippen LogP contribution in [0.3, 0.4) is 0 Å². The molecule has 0 heterocycles. The number of rotatable bonds is 3. The van der Waals surface area contributed by atoms with E-state index in [0.29, 0.717) is 5.54 Å². The number of benzene rings is 4. The molecule has 0 saturated heterocycles. The fourth-order valence-corrected chi connectivity index (χ4v) is 10.7. The molecule has 0 aromatic heterocycles. The lowest BCUT2D eigenvalue weighted by molar-refractivity contribution is 1.14. The van der Waals surface area contributed by atoms with Crippen LogP contribution in [-0.2, 0) is 0 Å². The predicted molar refractivity (Wildman–Crippen MR) is 136 cm³/mol. The topological polar surface area (TPSA) is 0 Å². The number of hydrogen-bond acceptors (Lipinski definition) is 0. The Labute approximate surface area is 187 Å². The van der Waals surface area contributed by atoms with Crippen LogP contribution in [0, 0.1) is 27.7 Å². The van der Waals surface area contributed by atoms with Crippen LogP contribution < -0.4 is 10.4 Å². The van der Waals surface area contributed by atoms with Crippen LogP contribution in [0.4, 0.5) is 0 Å². The second kappa shape index (κ2) is 7.35. The lowest BCUT2D eigenvalue weighted by atomic mass is 10.1. The van der Waals surface area contributed by atoms with Gasteiger partial charge in [-0.2, -0.15) is 0 Å². The van der Waals surface area contributed by atoms with Crippen LogP contribution in [0.5, 0.6) is 0 Å². The molecule has 0 fully saturated rings. The van der Waals surface area contributed by atoms with E-state index in [9.17, 15) is 0 Å². The first kappa shape index (κ1) is 20.0. The van der Waals surface area contributed by atoms with Gasteiger partial charge < -0.3 is 0 Å². The molecule has 1 aliphatic carbocycles. The maximum Gasteiger partial charge on any atom is 0.126 e. The summed E-state index contributed by atoms with van der Waals surface area (Å²) in [6.45, 7) is 11.6. The Hall–Kier alpha value is -2.90. The van der Waals surface area contributed by atoms with E-state index in [1.165, 1.54) is 54.9 Å². The molecule has 0 bridgehead atoms. The van der Waals surface area contributed by atoms with E-state index >= 15 is 0 Å².